The van der Waals surface area contributed by atoms with E-state index < -0.39 is 0 Å². The summed E-state index contributed by atoms with van der Waals surface area (Å²) in [7, 11) is 0. The lowest BCUT2D eigenvalue weighted by molar-refractivity contribution is 0.395. The molecule has 17 heavy (non-hydrogen) atoms. The molecule has 0 saturated heterocycles. The molecule has 0 heterocycles. The first-order valence-electron chi connectivity index (χ1n) is 6.58. The molecule has 0 fully saturated rings. The highest BCUT2D eigenvalue weighted by atomic mass is 35.5. The average molecular weight is 252 g/mol. The van der Waals surface area contributed by atoms with Gasteiger partial charge in [-0.05, 0) is 55.4 Å². The second kappa shape index (κ2) is 5.41. The minimum Gasteiger partial charge on any atom is -0.311 e. The van der Waals surface area contributed by atoms with Crippen molar-refractivity contribution >= 4 is 11.6 Å². The van der Waals surface area contributed by atoms with Crippen molar-refractivity contribution in [3.05, 3.63) is 34.3 Å². The van der Waals surface area contributed by atoms with E-state index in [0.29, 0.717) is 12.1 Å². The summed E-state index contributed by atoms with van der Waals surface area (Å²) in [5, 5.41) is 4.59. The fourth-order valence-corrected chi connectivity index (χ4v) is 3.08. The monoisotopic (exact) mass is 251 g/mol. The lowest BCUT2D eigenvalue weighted by Gasteiger charge is -2.20. The second-order valence-electron chi connectivity index (χ2n) is 5.72. The molecule has 1 aliphatic rings. The molecule has 2 unspecified atom stereocenters. The number of fused-ring (bicyclic) bond motifs is 1. The predicted octanol–water partition coefficient (Wildman–Crippen LogP) is 3.83. The summed E-state index contributed by atoms with van der Waals surface area (Å²) in [6, 6.07) is 7.49. The Bertz CT molecular complexity index is 387. The van der Waals surface area contributed by atoms with Gasteiger partial charge in [-0.2, -0.15) is 0 Å². The van der Waals surface area contributed by atoms with E-state index in [9.17, 15) is 0 Å². The Balaban J connectivity index is 1.92. The van der Waals surface area contributed by atoms with Crippen LogP contribution in [-0.2, 0) is 12.8 Å². The van der Waals surface area contributed by atoms with E-state index in [1.807, 2.05) is 6.07 Å². The van der Waals surface area contributed by atoms with Gasteiger partial charge < -0.3 is 5.32 Å². The summed E-state index contributed by atoms with van der Waals surface area (Å²) < 4.78 is 0. The molecule has 0 spiro atoms. The van der Waals surface area contributed by atoms with Gasteiger partial charge in [0.1, 0.15) is 0 Å². The second-order valence-corrected chi connectivity index (χ2v) is 6.15. The van der Waals surface area contributed by atoms with Crippen LogP contribution in [0.4, 0.5) is 0 Å². The average Bonchev–Trinajstić information content (AvgIpc) is 2.57. The third kappa shape index (κ3) is 3.46. The zero-order valence-corrected chi connectivity index (χ0v) is 11.7. The molecule has 0 bridgehead atoms. The Morgan fingerprint density at radius 1 is 1.24 bits per heavy atom. The Morgan fingerprint density at radius 2 is 1.94 bits per heavy atom. The van der Waals surface area contributed by atoms with Gasteiger partial charge in [-0.15, -0.1) is 0 Å². The zero-order valence-electron chi connectivity index (χ0n) is 11.0. The number of rotatable bonds is 4. The first-order valence-corrected chi connectivity index (χ1v) is 6.95. The van der Waals surface area contributed by atoms with Crippen LogP contribution in [0, 0.1) is 5.92 Å². The van der Waals surface area contributed by atoms with Crippen LogP contribution in [0.2, 0.25) is 5.02 Å². The highest BCUT2D eigenvalue weighted by Crippen LogP contribution is 2.25. The maximum Gasteiger partial charge on any atom is 0.0408 e. The fraction of sp³-hybridized carbons (Fsp3) is 0.600. The molecule has 1 aromatic carbocycles. The van der Waals surface area contributed by atoms with Crippen molar-refractivity contribution in [2.75, 3.05) is 0 Å². The van der Waals surface area contributed by atoms with Gasteiger partial charge in [0.2, 0.25) is 0 Å². The van der Waals surface area contributed by atoms with Crippen molar-refractivity contribution in [1.82, 2.24) is 5.32 Å². The van der Waals surface area contributed by atoms with Crippen LogP contribution in [0.15, 0.2) is 18.2 Å². The Morgan fingerprint density at radius 3 is 2.65 bits per heavy atom. The van der Waals surface area contributed by atoms with Gasteiger partial charge in [0.25, 0.3) is 0 Å². The number of hydrogen-bond donors (Lipinski definition) is 1. The summed E-state index contributed by atoms with van der Waals surface area (Å²) in [6.07, 6.45) is 3.51. The van der Waals surface area contributed by atoms with E-state index in [2.05, 4.69) is 38.2 Å². The smallest absolute Gasteiger partial charge is 0.0408 e. The molecule has 2 heteroatoms. The SMILES string of the molecule is CC(C)CC(C)NC1Cc2ccc(Cl)cc2C1. The topological polar surface area (TPSA) is 12.0 Å². The quantitative estimate of drug-likeness (QED) is 0.858. The van der Waals surface area contributed by atoms with Gasteiger partial charge in [-0.25, -0.2) is 0 Å². The molecule has 1 nitrogen and oxygen atoms in total. The van der Waals surface area contributed by atoms with Gasteiger partial charge in [0.05, 0.1) is 0 Å². The van der Waals surface area contributed by atoms with Gasteiger partial charge in [0, 0.05) is 17.1 Å². The van der Waals surface area contributed by atoms with E-state index >= 15 is 0 Å². The maximum absolute atomic E-state index is 6.03. The van der Waals surface area contributed by atoms with Crippen LogP contribution < -0.4 is 5.32 Å². The maximum atomic E-state index is 6.03. The van der Waals surface area contributed by atoms with Crippen LogP contribution >= 0.6 is 11.6 Å². The van der Waals surface area contributed by atoms with Gasteiger partial charge in [-0.1, -0.05) is 31.5 Å². The van der Waals surface area contributed by atoms with Crippen molar-refractivity contribution in [3.63, 3.8) is 0 Å². The third-order valence-corrected chi connectivity index (χ3v) is 3.68. The summed E-state index contributed by atoms with van der Waals surface area (Å²) in [6.45, 7) is 6.85. The minimum atomic E-state index is 0.595. The van der Waals surface area contributed by atoms with Crippen molar-refractivity contribution < 1.29 is 0 Å². The molecule has 0 aliphatic heterocycles. The van der Waals surface area contributed by atoms with Gasteiger partial charge >= 0.3 is 0 Å². The molecule has 0 aromatic heterocycles. The molecule has 0 saturated carbocycles. The van der Waals surface area contributed by atoms with E-state index in [4.69, 9.17) is 11.6 Å². The Hall–Kier alpha value is -0.530. The van der Waals surface area contributed by atoms with Gasteiger partial charge in [-0.3, -0.25) is 0 Å². The highest BCUT2D eigenvalue weighted by Gasteiger charge is 2.22. The summed E-state index contributed by atoms with van der Waals surface area (Å²) >= 11 is 6.03. The van der Waals surface area contributed by atoms with Crippen molar-refractivity contribution in [2.45, 2.75) is 52.1 Å². The first-order chi connectivity index (χ1) is 8.04. The van der Waals surface area contributed by atoms with E-state index in [0.717, 1.165) is 23.8 Å². The van der Waals surface area contributed by atoms with E-state index in [1.165, 1.54) is 17.5 Å². The molecule has 1 N–H and O–H groups in total. The predicted molar refractivity (Wildman–Crippen MR) is 74.7 cm³/mol. The summed E-state index contributed by atoms with van der Waals surface area (Å²) in [5.74, 6) is 0.760. The molecular weight excluding hydrogens is 230 g/mol. The molecule has 0 radical (unpaired) electrons. The Kier molecular flexibility index (Phi) is 4.11. The number of hydrogen-bond acceptors (Lipinski definition) is 1. The number of halogens is 1. The first kappa shape index (κ1) is 12.9. The molecule has 1 aromatic rings. The summed E-state index contributed by atoms with van der Waals surface area (Å²) in [5.41, 5.74) is 2.88. The number of nitrogens with one attached hydrogen (secondary N) is 1. The van der Waals surface area contributed by atoms with Gasteiger partial charge in [0.15, 0.2) is 0 Å². The fourth-order valence-electron chi connectivity index (χ4n) is 2.88. The molecule has 2 rings (SSSR count). The van der Waals surface area contributed by atoms with Crippen LogP contribution in [0.25, 0.3) is 0 Å². The largest absolute Gasteiger partial charge is 0.311 e. The highest BCUT2D eigenvalue weighted by molar-refractivity contribution is 6.30. The van der Waals surface area contributed by atoms with Crippen LogP contribution in [-0.4, -0.2) is 12.1 Å². The third-order valence-electron chi connectivity index (χ3n) is 3.45. The normalized spacial score (nSPS) is 20.6. The molecule has 2 atom stereocenters. The summed E-state index contributed by atoms with van der Waals surface area (Å²) in [4.78, 5) is 0. The lowest BCUT2D eigenvalue weighted by atomic mass is 10.0. The number of benzene rings is 1. The van der Waals surface area contributed by atoms with Crippen LogP contribution in [0.1, 0.15) is 38.3 Å². The molecule has 94 valence electrons. The lowest BCUT2D eigenvalue weighted by Crippen LogP contribution is -2.37. The molecular formula is C15H22ClN. The Labute approximate surface area is 110 Å². The van der Waals surface area contributed by atoms with Crippen molar-refractivity contribution in [1.29, 1.82) is 0 Å². The molecule has 1 aliphatic carbocycles. The van der Waals surface area contributed by atoms with Crippen molar-refractivity contribution in [3.8, 4) is 0 Å². The zero-order chi connectivity index (χ0) is 12.4. The van der Waals surface area contributed by atoms with E-state index in [-0.39, 0.29) is 0 Å². The molecule has 0 amide bonds. The van der Waals surface area contributed by atoms with E-state index in [1.54, 1.807) is 0 Å². The standard InChI is InChI=1S/C15H22ClN/c1-10(2)6-11(3)17-15-8-12-4-5-14(16)7-13(12)9-15/h4-5,7,10-11,15,17H,6,8-9H2,1-3H3. The van der Waals surface area contributed by atoms with Crippen LogP contribution in [0.3, 0.4) is 0 Å². The minimum absolute atomic E-state index is 0.595. The van der Waals surface area contributed by atoms with Crippen LogP contribution in [0.5, 0.6) is 0 Å². The van der Waals surface area contributed by atoms with Crippen molar-refractivity contribution in [2.24, 2.45) is 5.92 Å².